The van der Waals surface area contributed by atoms with Gasteiger partial charge < -0.3 is 10.1 Å². The zero-order valence-electron chi connectivity index (χ0n) is 11.6. The molecule has 100 valence electrons. The van der Waals surface area contributed by atoms with Gasteiger partial charge in [-0.25, -0.2) is 0 Å². The van der Waals surface area contributed by atoms with E-state index in [0.29, 0.717) is 6.61 Å². The van der Waals surface area contributed by atoms with Crippen LogP contribution in [-0.4, -0.2) is 13.2 Å². The molecule has 19 heavy (non-hydrogen) atoms. The van der Waals surface area contributed by atoms with Gasteiger partial charge in [0.15, 0.2) is 0 Å². The largest absolute Gasteiger partial charge is 0.492 e. The van der Waals surface area contributed by atoms with Crippen molar-refractivity contribution in [2.45, 2.75) is 19.9 Å². The van der Waals surface area contributed by atoms with E-state index in [1.807, 2.05) is 18.2 Å². The topological polar surface area (TPSA) is 21.3 Å². The first-order valence-corrected chi connectivity index (χ1v) is 6.77. The smallest absolute Gasteiger partial charge is 0.119 e. The van der Waals surface area contributed by atoms with Gasteiger partial charge in [-0.2, -0.15) is 0 Å². The first-order chi connectivity index (χ1) is 9.29. The molecule has 0 aliphatic heterocycles. The molecule has 0 aliphatic carbocycles. The Hall–Kier alpha value is -1.80. The Labute approximate surface area is 115 Å². The molecule has 1 N–H and O–H groups in total. The summed E-state index contributed by atoms with van der Waals surface area (Å²) in [5.74, 6) is 0.921. The third-order valence-electron chi connectivity index (χ3n) is 3.09. The molecule has 0 aromatic heterocycles. The Morgan fingerprint density at radius 1 is 1.00 bits per heavy atom. The van der Waals surface area contributed by atoms with E-state index >= 15 is 0 Å². The number of rotatable bonds is 6. The zero-order valence-corrected chi connectivity index (χ0v) is 11.6. The number of benzene rings is 2. The fourth-order valence-electron chi connectivity index (χ4n) is 2.02. The molecule has 0 saturated carbocycles. The predicted molar refractivity (Wildman–Crippen MR) is 79.5 cm³/mol. The average Bonchev–Trinajstić information content (AvgIpc) is 2.46. The standard InChI is InChI=1S/C17H21NO/c1-3-18-17(15-7-5-4-6-8-15)13-19-16-11-9-14(2)10-12-16/h4-12,17-18H,3,13H2,1-2H3. The quantitative estimate of drug-likeness (QED) is 0.849. The number of hydrogen-bond acceptors (Lipinski definition) is 2. The van der Waals surface area contributed by atoms with Gasteiger partial charge in [0.05, 0.1) is 6.04 Å². The number of hydrogen-bond donors (Lipinski definition) is 1. The van der Waals surface area contributed by atoms with Crippen molar-refractivity contribution in [3.63, 3.8) is 0 Å². The third kappa shape index (κ3) is 4.11. The van der Waals surface area contributed by atoms with Gasteiger partial charge in [0.25, 0.3) is 0 Å². The molecule has 0 aliphatic rings. The first-order valence-electron chi connectivity index (χ1n) is 6.77. The summed E-state index contributed by atoms with van der Waals surface area (Å²) in [6, 6.07) is 18.8. The summed E-state index contributed by atoms with van der Waals surface area (Å²) in [5.41, 5.74) is 2.51. The Morgan fingerprint density at radius 3 is 2.32 bits per heavy atom. The Morgan fingerprint density at radius 2 is 1.68 bits per heavy atom. The van der Waals surface area contributed by atoms with Gasteiger partial charge in [0.2, 0.25) is 0 Å². The highest BCUT2D eigenvalue weighted by atomic mass is 16.5. The van der Waals surface area contributed by atoms with Crippen LogP contribution < -0.4 is 10.1 Å². The van der Waals surface area contributed by atoms with Crippen LogP contribution in [0.25, 0.3) is 0 Å². The molecule has 1 atom stereocenters. The van der Waals surface area contributed by atoms with Crippen molar-refractivity contribution in [1.82, 2.24) is 5.32 Å². The summed E-state index contributed by atoms with van der Waals surface area (Å²) in [7, 11) is 0. The Balaban J connectivity index is 1.99. The lowest BCUT2D eigenvalue weighted by atomic mass is 10.1. The van der Waals surface area contributed by atoms with Gasteiger partial charge in [-0.05, 0) is 31.2 Å². The van der Waals surface area contributed by atoms with E-state index in [4.69, 9.17) is 4.74 Å². The highest BCUT2D eigenvalue weighted by Gasteiger charge is 2.10. The molecule has 1 unspecified atom stereocenters. The molecule has 2 heteroatoms. The van der Waals surface area contributed by atoms with Crippen LogP contribution >= 0.6 is 0 Å². The van der Waals surface area contributed by atoms with Crippen LogP contribution in [0.4, 0.5) is 0 Å². The second-order valence-electron chi connectivity index (χ2n) is 4.65. The van der Waals surface area contributed by atoms with E-state index in [0.717, 1.165) is 12.3 Å². The van der Waals surface area contributed by atoms with Crippen LogP contribution in [0.15, 0.2) is 54.6 Å². The molecule has 0 bridgehead atoms. The van der Waals surface area contributed by atoms with Crippen molar-refractivity contribution in [3.8, 4) is 5.75 Å². The van der Waals surface area contributed by atoms with Crippen molar-refractivity contribution >= 4 is 0 Å². The van der Waals surface area contributed by atoms with E-state index in [1.54, 1.807) is 0 Å². The summed E-state index contributed by atoms with van der Waals surface area (Å²) in [6.45, 7) is 5.76. The minimum absolute atomic E-state index is 0.229. The molecule has 0 heterocycles. The van der Waals surface area contributed by atoms with E-state index in [2.05, 4.69) is 55.6 Å². The Bertz CT molecular complexity index is 478. The normalized spacial score (nSPS) is 12.1. The number of ether oxygens (including phenoxy) is 1. The molecule has 0 amide bonds. The number of likely N-dealkylation sites (N-methyl/N-ethyl adjacent to an activating group) is 1. The third-order valence-corrected chi connectivity index (χ3v) is 3.09. The minimum atomic E-state index is 0.229. The zero-order chi connectivity index (χ0) is 13.5. The monoisotopic (exact) mass is 255 g/mol. The maximum Gasteiger partial charge on any atom is 0.119 e. The molecular formula is C17H21NO. The molecule has 0 saturated heterocycles. The van der Waals surface area contributed by atoms with Crippen molar-refractivity contribution in [2.24, 2.45) is 0 Å². The van der Waals surface area contributed by atoms with Crippen LogP contribution in [0.2, 0.25) is 0 Å². The van der Waals surface area contributed by atoms with Gasteiger partial charge >= 0.3 is 0 Å². The molecule has 2 aromatic carbocycles. The molecule has 0 spiro atoms. The molecule has 2 nitrogen and oxygen atoms in total. The van der Waals surface area contributed by atoms with Gasteiger partial charge in [0.1, 0.15) is 12.4 Å². The van der Waals surface area contributed by atoms with E-state index in [-0.39, 0.29) is 6.04 Å². The van der Waals surface area contributed by atoms with Crippen molar-refractivity contribution in [1.29, 1.82) is 0 Å². The van der Waals surface area contributed by atoms with Gasteiger partial charge in [-0.15, -0.1) is 0 Å². The fourth-order valence-corrected chi connectivity index (χ4v) is 2.02. The molecule has 2 aromatic rings. The van der Waals surface area contributed by atoms with E-state index in [9.17, 15) is 0 Å². The summed E-state index contributed by atoms with van der Waals surface area (Å²) >= 11 is 0. The fraction of sp³-hybridized carbons (Fsp3) is 0.294. The van der Waals surface area contributed by atoms with E-state index in [1.165, 1.54) is 11.1 Å². The first kappa shape index (κ1) is 13.6. The highest BCUT2D eigenvalue weighted by Crippen LogP contribution is 2.16. The average molecular weight is 255 g/mol. The van der Waals surface area contributed by atoms with Gasteiger partial charge in [-0.3, -0.25) is 0 Å². The molecule has 2 rings (SSSR count). The molecular weight excluding hydrogens is 234 g/mol. The summed E-state index contributed by atoms with van der Waals surface area (Å²) < 4.78 is 5.87. The lowest BCUT2D eigenvalue weighted by molar-refractivity contribution is 0.268. The Kier molecular flexibility index (Phi) is 4.99. The summed E-state index contributed by atoms with van der Waals surface area (Å²) in [5, 5.41) is 3.46. The maximum atomic E-state index is 5.87. The lowest BCUT2D eigenvalue weighted by Crippen LogP contribution is -2.26. The minimum Gasteiger partial charge on any atom is -0.492 e. The highest BCUT2D eigenvalue weighted by molar-refractivity contribution is 5.26. The van der Waals surface area contributed by atoms with Crippen LogP contribution in [0.1, 0.15) is 24.1 Å². The van der Waals surface area contributed by atoms with E-state index < -0.39 is 0 Å². The van der Waals surface area contributed by atoms with Crippen LogP contribution in [0, 0.1) is 6.92 Å². The maximum absolute atomic E-state index is 5.87. The van der Waals surface area contributed by atoms with Crippen molar-refractivity contribution in [3.05, 3.63) is 65.7 Å². The van der Waals surface area contributed by atoms with Crippen LogP contribution in [-0.2, 0) is 0 Å². The molecule has 0 radical (unpaired) electrons. The molecule has 0 fully saturated rings. The van der Waals surface area contributed by atoms with Gasteiger partial charge in [-0.1, -0.05) is 55.0 Å². The second kappa shape index (κ2) is 6.95. The predicted octanol–water partition coefficient (Wildman–Crippen LogP) is 3.72. The lowest BCUT2D eigenvalue weighted by Gasteiger charge is -2.19. The van der Waals surface area contributed by atoms with Gasteiger partial charge in [0, 0.05) is 0 Å². The van der Waals surface area contributed by atoms with Crippen LogP contribution in [0.5, 0.6) is 5.75 Å². The van der Waals surface area contributed by atoms with Crippen molar-refractivity contribution in [2.75, 3.05) is 13.2 Å². The van der Waals surface area contributed by atoms with Crippen molar-refractivity contribution < 1.29 is 4.74 Å². The number of aryl methyl sites for hydroxylation is 1. The SMILES string of the molecule is CCNC(COc1ccc(C)cc1)c1ccccc1. The second-order valence-corrected chi connectivity index (χ2v) is 4.65. The summed E-state index contributed by atoms with van der Waals surface area (Å²) in [4.78, 5) is 0. The van der Waals surface area contributed by atoms with Crippen LogP contribution in [0.3, 0.4) is 0 Å². The summed E-state index contributed by atoms with van der Waals surface area (Å²) in [6.07, 6.45) is 0. The number of nitrogens with one attached hydrogen (secondary N) is 1.